The first kappa shape index (κ1) is 17.2. The van der Waals surface area contributed by atoms with Crippen molar-refractivity contribution in [2.75, 3.05) is 32.8 Å². The van der Waals surface area contributed by atoms with Crippen LogP contribution in [0.4, 0.5) is 0 Å². The Morgan fingerprint density at radius 2 is 1.76 bits per heavy atom. The fourth-order valence-electron chi connectivity index (χ4n) is 4.02. The first-order valence-electron chi connectivity index (χ1n) is 9.40. The second kappa shape index (κ2) is 9.81. The molecule has 2 fully saturated rings. The quantitative estimate of drug-likeness (QED) is 0.742. The summed E-state index contributed by atoms with van der Waals surface area (Å²) in [5.74, 6) is 0.912. The van der Waals surface area contributed by atoms with Crippen LogP contribution in [0.25, 0.3) is 0 Å². The predicted octanol–water partition coefficient (Wildman–Crippen LogP) is 3.44. The molecule has 0 bridgehead atoms. The van der Waals surface area contributed by atoms with Crippen LogP contribution in [0.15, 0.2) is 0 Å². The maximum Gasteiger partial charge on any atom is 0.0599 e. The summed E-state index contributed by atoms with van der Waals surface area (Å²) in [6.45, 7) is 10.1. The van der Waals surface area contributed by atoms with Crippen LogP contribution in [-0.2, 0) is 4.74 Å². The van der Waals surface area contributed by atoms with Crippen LogP contribution in [0.2, 0.25) is 0 Å². The Labute approximate surface area is 131 Å². The Morgan fingerprint density at radius 3 is 2.38 bits per heavy atom. The summed E-state index contributed by atoms with van der Waals surface area (Å²) in [5, 5.41) is 3.85. The van der Waals surface area contributed by atoms with Gasteiger partial charge >= 0.3 is 0 Å². The summed E-state index contributed by atoms with van der Waals surface area (Å²) in [6.07, 6.45) is 11.4. The lowest BCUT2D eigenvalue weighted by molar-refractivity contribution is 0.0103. The molecular formula is C18H36N2O. The molecular weight excluding hydrogens is 260 g/mol. The number of nitrogens with one attached hydrogen (secondary N) is 1. The van der Waals surface area contributed by atoms with Crippen LogP contribution in [-0.4, -0.2) is 49.8 Å². The molecule has 1 saturated heterocycles. The van der Waals surface area contributed by atoms with Crippen molar-refractivity contribution in [3.63, 3.8) is 0 Å². The molecule has 3 nitrogen and oxygen atoms in total. The average molecular weight is 296 g/mol. The molecule has 1 aliphatic heterocycles. The van der Waals surface area contributed by atoms with Gasteiger partial charge in [0.05, 0.1) is 6.10 Å². The second-order valence-electron chi connectivity index (χ2n) is 6.91. The van der Waals surface area contributed by atoms with Gasteiger partial charge in [0.1, 0.15) is 0 Å². The topological polar surface area (TPSA) is 24.5 Å². The molecule has 0 aromatic rings. The zero-order chi connectivity index (χ0) is 14.9. The van der Waals surface area contributed by atoms with Gasteiger partial charge in [0.15, 0.2) is 0 Å². The SMILES string of the molecule is CCCNC(CN1CCC(OCC)CC1)C1CCCCC1. The van der Waals surface area contributed by atoms with Crippen LogP contribution >= 0.6 is 0 Å². The van der Waals surface area contributed by atoms with Crippen molar-refractivity contribution >= 4 is 0 Å². The van der Waals surface area contributed by atoms with E-state index < -0.39 is 0 Å². The Hall–Kier alpha value is -0.120. The molecule has 0 spiro atoms. The summed E-state index contributed by atoms with van der Waals surface area (Å²) < 4.78 is 5.78. The van der Waals surface area contributed by atoms with Crippen molar-refractivity contribution in [2.45, 2.75) is 77.4 Å². The maximum absolute atomic E-state index is 5.78. The molecule has 0 aromatic carbocycles. The number of likely N-dealkylation sites (tertiary alicyclic amines) is 1. The lowest BCUT2D eigenvalue weighted by atomic mass is 9.83. The molecule has 1 N–H and O–H groups in total. The fraction of sp³-hybridized carbons (Fsp3) is 1.00. The van der Waals surface area contributed by atoms with E-state index in [1.165, 1.54) is 77.5 Å². The van der Waals surface area contributed by atoms with Crippen molar-refractivity contribution in [2.24, 2.45) is 5.92 Å². The number of nitrogens with zero attached hydrogens (tertiary/aromatic N) is 1. The highest BCUT2D eigenvalue weighted by Gasteiger charge is 2.27. The Balaban J connectivity index is 1.78. The normalized spacial score (nSPS) is 24.3. The highest BCUT2D eigenvalue weighted by molar-refractivity contribution is 4.84. The summed E-state index contributed by atoms with van der Waals surface area (Å²) >= 11 is 0. The van der Waals surface area contributed by atoms with E-state index in [1.807, 2.05) is 0 Å². The smallest absolute Gasteiger partial charge is 0.0599 e. The van der Waals surface area contributed by atoms with E-state index >= 15 is 0 Å². The average Bonchev–Trinajstić information content (AvgIpc) is 2.54. The van der Waals surface area contributed by atoms with E-state index in [0.717, 1.165) is 12.5 Å². The molecule has 2 aliphatic rings. The molecule has 1 aliphatic carbocycles. The molecule has 1 heterocycles. The molecule has 2 rings (SSSR count). The highest BCUT2D eigenvalue weighted by atomic mass is 16.5. The molecule has 1 saturated carbocycles. The molecule has 124 valence electrons. The van der Waals surface area contributed by atoms with E-state index in [-0.39, 0.29) is 0 Å². The van der Waals surface area contributed by atoms with Crippen molar-refractivity contribution in [3.05, 3.63) is 0 Å². The molecule has 1 atom stereocenters. The van der Waals surface area contributed by atoms with Crippen molar-refractivity contribution in [3.8, 4) is 0 Å². The van der Waals surface area contributed by atoms with E-state index in [4.69, 9.17) is 4.74 Å². The molecule has 21 heavy (non-hydrogen) atoms. The summed E-state index contributed by atoms with van der Waals surface area (Å²) in [5.41, 5.74) is 0. The van der Waals surface area contributed by atoms with Gasteiger partial charge in [-0.05, 0) is 51.5 Å². The van der Waals surface area contributed by atoms with Gasteiger partial charge in [0.25, 0.3) is 0 Å². The predicted molar refractivity (Wildman–Crippen MR) is 89.7 cm³/mol. The molecule has 0 aromatic heterocycles. The van der Waals surface area contributed by atoms with Gasteiger partial charge in [-0.25, -0.2) is 0 Å². The highest BCUT2D eigenvalue weighted by Crippen LogP contribution is 2.27. The molecule has 3 heteroatoms. The third kappa shape index (κ3) is 5.88. The molecule has 0 amide bonds. The monoisotopic (exact) mass is 296 g/mol. The largest absolute Gasteiger partial charge is 0.378 e. The van der Waals surface area contributed by atoms with Crippen molar-refractivity contribution < 1.29 is 4.74 Å². The minimum Gasteiger partial charge on any atom is -0.378 e. The number of ether oxygens (including phenoxy) is 1. The van der Waals surface area contributed by atoms with Gasteiger partial charge in [-0.1, -0.05) is 26.2 Å². The van der Waals surface area contributed by atoms with Gasteiger partial charge in [0.2, 0.25) is 0 Å². The standard InChI is InChI=1S/C18H36N2O/c1-3-12-19-18(16-8-6-5-7-9-16)15-20-13-10-17(11-14-20)21-4-2/h16-19H,3-15H2,1-2H3. The van der Waals surface area contributed by atoms with Crippen LogP contribution in [0.5, 0.6) is 0 Å². The van der Waals surface area contributed by atoms with Crippen LogP contribution in [0, 0.1) is 5.92 Å². The number of rotatable bonds is 8. The minimum atomic E-state index is 0.517. The van der Waals surface area contributed by atoms with Crippen molar-refractivity contribution in [1.29, 1.82) is 0 Å². The van der Waals surface area contributed by atoms with E-state index in [9.17, 15) is 0 Å². The lowest BCUT2D eigenvalue weighted by Gasteiger charge is -2.38. The number of hydrogen-bond donors (Lipinski definition) is 1. The van der Waals surface area contributed by atoms with Crippen molar-refractivity contribution in [1.82, 2.24) is 10.2 Å². The Morgan fingerprint density at radius 1 is 1.05 bits per heavy atom. The number of piperidine rings is 1. The Kier molecular flexibility index (Phi) is 8.05. The van der Waals surface area contributed by atoms with E-state index in [1.54, 1.807) is 0 Å². The number of hydrogen-bond acceptors (Lipinski definition) is 3. The zero-order valence-electron chi connectivity index (χ0n) is 14.3. The first-order chi connectivity index (χ1) is 10.3. The second-order valence-corrected chi connectivity index (χ2v) is 6.91. The summed E-state index contributed by atoms with van der Waals surface area (Å²) in [4.78, 5) is 2.68. The fourth-order valence-corrected chi connectivity index (χ4v) is 4.02. The summed E-state index contributed by atoms with van der Waals surface area (Å²) in [7, 11) is 0. The van der Waals surface area contributed by atoms with Gasteiger partial charge in [-0.2, -0.15) is 0 Å². The van der Waals surface area contributed by atoms with Gasteiger partial charge < -0.3 is 15.0 Å². The maximum atomic E-state index is 5.78. The van der Waals surface area contributed by atoms with E-state index in [0.29, 0.717) is 12.1 Å². The first-order valence-corrected chi connectivity index (χ1v) is 9.40. The van der Waals surface area contributed by atoms with E-state index in [2.05, 4.69) is 24.1 Å². The Bertz CT molecular complexity index is 258. The minimum absolute atomic E-state index is 0.517. The van der Waals surface area contributed by atoms with Crippen LogP contribution in [0.3, 0.4) is 0 Å². The van der Waals surface area contributed by atoms with Gasteiger partial charge in [-0.15, -0.1) is 0 Å². The van der Waals surface area contributed by atoms with Gasteiger partial charge in [-0.3, -0.25) is 0 Å². The van der Waals surface area contributed by atoms with Crippen LogP contribution in [0.1, 0.15) is 65.2 Å². The van der Waals surface area contributed by atoms with Gasteiger partial charge in [0, 0.05) is 32.3 Å². The molecule has 1 unspecified atom stereocenters. The molecule has 0 radical (unpaired) electrons. The summed E-state index contributed by atoms with van der Waals surface area (Å²) in [6, 6.07) is 0.717. The lowest BCUT2D eigenvalue weighted by Crippen LogP contribution is -2.49. The zero-order valence-corrected chi connectivity index (χ0v) is 14.3. The van der Waals surface area contributed by atoms with Crippen LogP contribution < -0.4 is 5.32 Å². The third-order valence-corrected chi connectivity index (χ3v) is 5.27. The third-order valence-electron chi connectivity index (χ3n) is 5.27.